The Morgan fingerprint density at radius 2 is 2.00 bits per heavy atom. The van der Waals surface area contributed by atoms with E-state index in [-0.39, 0.29) is 11.7 Å². The van der Waals surface area contributed by atoms with Gasteiger partial charge in [0.1, 0.15) is 11.6 Å². The standard InChI is InChI=1S/C14H21FN2O2/c1-3-17(4-2)14(19)5-6-16-10-11-7-12(15)9-13(18)8-11/h7-9,16,18H,3-6,10H2,1-2H3. The summed E-state index contributed by atoms with van der Waals surface area (Å²) in [6, 6.07) is 3.93. The first-order valence-electron chi connectivity index (χ1n) is 6.53. The number of hydrogen-bond acceptors (Lipinski definition) is 3. The number of amides is 1. The van der Waals surface area contributed by atoms with Crippen molar-refractivity contribution in [3.63, 3.8) is 0 Å². The fourth-order valence-corrected chi connectivity index (χ4v) is 1.90. The molecule has 0 aliphatic heterocycles. The summed E-state index contributed by atoms with van der Waals surface area (Å²) in [6.07, 6.45) is 0.420. The van der Waals surface area contributed by atoms with Gasteiger partial charge in [0.2, 0.25) is 5.91 Å². The highest BCUT2D eigenvalue weighted by molar-refractivity contribution is 5.76. The Kier molecular flexibility index (Phi) is 6.29. The van der Waals surface area contributed by atoms with Crippen molar-refractivity contribution < 1.29 is 14.3 Å². The number of carbonyl (C=O) groups is 1. The lowest BCUT2D eigenvalue weighted by Gasteiger charge is -2.18. The summed E-state index contributed by atoms with van der Waals surface area (Å²) >= 11 is 0. The Morgan fingerprint density at radius 1 is 1.32 bits per heavy atom. The molecule has 0 aliphatic rings. The molecule has 1 aromatic carbocycles. The highest BCUT2D eigenvalue weighted by atomic mass is 19.1. The summed E-state index contributed by atoms with van der Waals surface area (Å²) in [4.78, 5) is 13.5. The summed E-state index contributed by atoms with van der Waals surface area (Å²) in [5.74, 6) is -0.438. The van der Waals surface area contributed by atoms with Crippen LogP contribution < -0.4 is 5.32 Å². The van der Waals surface area contributed by atoms with Crippen molar-refractivity contribution in [3.8, 4) is 5.75 Å². The first-order chi connectivity index (χ1) is 9.06. The van der Waals surface area contributed by atoms with Gasteiger partial charge in [-0.2, -0.15) is 0 Å². The molecule has 0 atom stereocenters. The average molecular weight is 268 g/mol. The van der Waals surface area contributed by atoms with Crippen molar-refractivity contribution in [3.05, 3.63) is 29.6 Å². The molecular weight excluding hydrogens is 247 g/mol. The average Bonchev–Trinajstić information content (AvgIpc) is 2.35. The van der Waals surface area contributed by atoms with Gasteiger partial charge in [-0.1, -0.05) is 0 Å². The molecule has 1 aromatic rings. The first kappa shape index (κ1) is 15.4. The van der Waals surface area contributed by atoms with Gasteiger partial charge in [-0.15, -0.1) is 0 Å². The van der Waals surface area contributed by atoms with E-state index < -0.39 is 5.82 Å². The molecule has 1 rings (SSSR count). The number of aromatic hydroxyl groups is 1. The van der Waals surface area contributed by atoms with Crippen LogP contribution in [0.4, 0.5) is 4.39 Å². The molecule has 0 radical (unpaired) electrons. The third-order valence-electron chi connectivity index (χ3n) is 2.90. The molecule has 2 N–H and O–H groups in total. The van der Waals surface area contributed by atoms with Crippen LogP contribution in [0.1, 0.15) is 25.8 Å². The molecule has 0 saturated heterocycles. The molecule has 0 aliphatic carbocycles. The smallest absolute Gasteiger partial charge is 0.223 e. The number of nitrogens with one attached hydrogen (secondary N) is 1. The van der Waals surface area contributed by atoms with Gasteiger partial charge >= 0.3 is 0 Å². The SMILES string of the molecule is CCN(CC)C(=O)CCNCc1cc(O)cc(F)c1. The Labute approximate surface area is 113 Å². The van der Waals surface area contributed by atoms with E-state index in [1.165, 1.54) is 12.1 Å². The Hall–Kier alpha value is -1.62. The molecule has 106 valence electrons. The second kappa shape index (κ2) is 7.74. The molecule has 0 unspecified atom stereocenters. The van der Waals surface area contributed by atoms with Gasteiger partial charge in [-0.3, -0.25) is 4.79 Å². The zero-order chi connectivity index (χ0) is 14.3. The number of carbonyl (C=O) groups excluding carboxylic acids is 1. The van der Waals surface area contributed by atoms with Crippen LogP contribution in [0.5, 0.6) is 5.75 Å². The van der Waals surface area contributed by atoms with E-state index in [2.05, 4.69) is 5.32 Å². The van der Waals surface area contributed by atoms with Crippen LogP contribution in [0.15, 0.2) is 18.2 Å². The number of hydrogen-bond donors (Lipinski definition) is 2. The Morgan fingerprint density at radius 3 is 2.58 bits per heavy atom. The van der Waals surface area contributed by atoms with Crippen molar-refractivity contribution in [1.29, 1.82) is 0 Å². The van der Waals surface area contributed by atoms with E-state index >= 15 is 0 Å². The van der Waals surface area contributed by atoms with Gasteiger partial charge in [-0.25, -0.2) is 4.39 Å². The fraction of sp³-hybridized carbons (Fsp3) is 0.500. The summed E-state index contributed by atoms with van der Waals surface area (Å²) in [7, 11) is 0. The number of halogens is 1. The number of nitrogens with zero attached hydrogens (tertiary/aromatic N) is 1. The van der Waals surface area contributed by atoms with Gasteiger partial charge in [0, 0.05) is 38.7 Å². The minimum atomic E-state index is -0.462. The molecule has 0 aromatic heterocycles. The zero-order valence-corrected chi connectivity index (χ0v) is 11.4. The fourth-order valence-electron chi connectivity index (χ4n) is 1.90. The van der Waals surface area contributed by atoms with Crippen LogP contribution >= 0.6 is 0 Å². The van der Waals surface area contributed by atoms with Crippen molar-refractivity contribution >= 4 is 5.91 Å². The maximum Gasteiger partial charge on any atom is 0.223 e. The molecule has 0 saturated carbocycles. The van der Waals surface area contributed by atoms with Gasteiger partial charge in [-0.05, 0) is 31.5 Å². The number of benzene rings is 1. The molecular formula is C14H21FN2O2. The summed E-state index contributed by atoms with van der Waals surface area (Å²) < 4.78 is 13.0. The monoisotopic (exact) mass is 268 g/mol. The second-order valence-electron chi connectivity index (χ2n) is 4.31. The third kappa shape index (κ3) is 5.26. The normalized spacial score (nSPS) is 10.5. The highest BCUT2D eigenvalue weighted by Gasteiger charge is 2.08. The topological polar surface area (TPSA) is 52.6 Å². The molecule has 0 bridgehead atoms. The maximum atomic E-state index is 13.0. The number of rotatable bonds is 7. The number of phenolic OH excluding ortho intramolecular Hbond substituents is 1. The van der Waals surface area contributed by atoms with E-state index in [0.717, 1.165) is 6.07 Å². The Bertz CT molecular complexity index is 400. The lowest BCUT2D eigenvalue weighted by atomic mass is 10.2. The largest absolute Gasteiger partial charge is 0.508 e. The molecule has 19 heavy (non-hydrogen) atoms. The van der Waals surface area contributed by atoms with Crippen LogP contribution in [-0.2, 0) is 11.3 Å². The van der Waals surface area contributed by atoms with Crippen LogP contribution in [-0.4, -0.2) is 35.5 Å². The molecule has 1 amide bonds. The van der Waals surface area contributed by atoms with E-state index in [1.807, 2.05) is 13.8 Å². The van der Waals surface area contributed by atoms with Crippen molar-refractivity contribution in [2.75, 3.05) is 19.6 Å². The summed E-state index contributed by atoms with van der Waals surface area (Å²) in [5, 5.41) is 12.3. The zero-order valence-electron chi connectivity index (χ0n) is 11.4. The first-order valence-corrected chi connectivity index (χ1v) is 6.53. The van der Waals surface area contributed by atoms with Crippen molar-refractivity contribution in [2.24, 2.45) is 0 Å². The lowest BCUT2D eigenvalue weighted by Crippen LogP contribution is -2.32. The van der Waals surface area contributed by atoms with Gasteiger partial charge in [0.05, 0.1) is 0 Å². The molecule has 4 nitrogen and oxygen atoms in total. The second-order valence-corrected chi connectivity index (χ2v) is 4.31. The summed E-state index contributed by atoms with van der Waals surface area (Å²) in [5.41, 5.74) is 0.660. The predicted octanol–water partition coefficient (Wildman–Crippen LogP) is 1.88. The van der Waals surface area contributed by atoms with E-state index in [9.17, 15) is 14.3 Å². The van der Waals surface area contributed by atoms with Crippen molar-refractivity contribution in [2.45, 2.75) is 26.8 Å². The van der Waals surface area contributed by atoms with Gasteiger partial charge < -0.3 is 15.3 Å². The minimum absolute atomic E-state index is 0.0870. The minimum Gasteiger partial charge on any atom is -0.508 e. The molecule has 0 fully saturated rings. The van der Waals surface area contributed by atoms with Gasteiger partial charge in [0.25, 0.3) is 0 Å². The molecule has 5 heteroatoms. The maximum absolute atomic E-state index is 13.0. The van der Waals surface area contributed by atoms with Crippen LogP contribution in [0, 0.1) is 5.82 Å². The highest BCUT2D eigenvalue weighted by Crippen LogP contribution is 2.14. The molecule has 0 spiro atoms. The predicted molar refractivity (Wildman–Crippen MR) is 72.3 cm³/mol. The third-order valence-corrected chi connectivity index (χ3v) is 2.90. The molecule has 0 heterocycles. The van der Waals surface area contributed by atoms with Crippen LogP contribution in [0.25, 0.3) is 0 Å². The van der Waals surface area contributed by atoms with E-state index in [4.69, 9.17) is 0 Å². The van der Waals surface area contributed by atoms with Gasteiger partial charge in [0.15, 0.2) is 0 Å². The Balaban J connectivity index is 2.32. The van der Waals surface area contributed by atoms with E-state index in [0.29, 0.717) is 38.2 Å². The van der Waals surface area contributed by atoms with Crippen LogP contribution in [0.2, 0.25) is 0 Å². The van der Waals surface area contributed by atoms with E-state index in [1.54, 1.807) is 4.90 Å². The van der Waals surface area contributed by atoms with Crippen molar-refractivity contribution in [1.82, 2.24) is 10.2 Å². The van der Waals surface area contributed by atoms with Crippen LogP contribution in [0.3, 0.4) is 0 Å². The lowest BCUT2D eigenvalue weighted by molar-refractivity contribution is -0.130. The quantitative estimate of drug-likeness (QED) is 0.742. The summed E-state index contributed by atoms with van der Waals surface area (Å²) in [6.45, 7) is 6.29. The number of phenols is 1.